The Balaban J connectivity index is 1.49. The average molecular weight is 584 g/mol. The summed E-state index contributed by atoms with van der Waals surface area (Å²) in [5.74, 6) is 1.40. The summed E-state index contributed by atoms with van der Waals surface area (Å²) in [6.07, 6.45) is 2.67. The van der Waals surface area contributed by atoms with Crippen LogP contribution in [-0.2, 0) is 13.0 Å². The van der Waals surface area contributed by atoms with Crippen molar-refractivity contribution in [3.63, 3.8) is 0 Å². The van der Waals surface area contributed by atoms with Crippen LogP contribution < -0.4 is 15.0 Å². The second kappa shape index (κ2) is 11.7. The molecule has 0 saturated carbocycles. The third-order valence-electron chi connectivity index (χ3n) is 6.76. The van der Waals surface area contributed by atoms with Gasteiger partial charge in [0, 0.05) is 23.8 Å². The summed E-state index contributed by atoms with van der Waals surface area (Å²) >= 11 is 3.58. The van der Waals surface area contributed by atoms with Crippen molar-refractivity contribution >= 4 is 39.0 Å². The summed E-state index contributed by atoms with van der Waals surface area (Å²) in [5.41, 5.74) is 6.23. The monoisotopic (exact) mass is 582 g/mol. The van der Waals surface area contributed by atoms with Gasteiger partial charge in [-0.1, -0.05) is 71.4 Å². The molecular weight excluding hydrogens is 552 g/mol. The fourth-order valence-corrected chi connectivity index (χ4v) is 5.24. The first-order chi connectivity index (χ1) is 19.0. The fourth-order valence-electron chi connectivity index (χ4n) is 4.79. The second-order valence-electron chi connectivity index (χ2n) is 9.26. The number of aromatic nitrogens is 2. The zero-order valence-corrected chi connectivity index (χ0v) is 23.9. The zero-order chi connectivity index (χ0) is 27.4. The summed E-state index contributed by atoms with van der Waals surface area (Å²) in [5, 5.41) is 3.07. The first-order valence-corrected chi connectivity index (χ1v) is 13.8. The lowest BCUT2D eigenvalue weighted by Crippen LogP contribution is -2.25. The van der Waals surface area contributed by atoms with Crippen molar-refractivity contribution in [2.45, 2.75) is 26.8 Å². The molecule has 1 amide bonds. The summed E-state index contributed by atoms with van der Waals surface area (Å²) in [7, 11) is 1.61. The number of hydrogen-bond acceptors (Lipinski definition) is 4. The van der Waals surface area contributed by atoms with Gasteiger partial charge in [0.05, 0.1) is 24.1 Å². The predicted octanol–water partition coefficient (Wildman–Crippen LogP) is 7.61. The molecule has 0 aliphatic carbocycles. The van der Waals surface area contributed by atoms with E-state index in [9.17, 15) is 4.79 Å². The molecule has 0 aliphatic rings. The Bertz CT molecular complexity index is 1610. The van der Waals surface area contributed by atoms with Crippen LogP contribution in [0.5, 0.6) is 5.75 Å². The molecular formula is C32H31BrN4O2. The van der Waals surface area contributed by atoms with Gasteiger partial charge >= 0.3 is 0 Å². The standard InChI is InChI=1S/C32H31BrN4O2/c1-4-27-32(36(5-2)20-22-10-9-13-26(33)18-22)37-21-25(15-17-30(37)34-27)31(38)35-28-19-24(14-16-29(28)39-3)23-11-7-6-8-12-23/h6-19,21H,4-5,20H2,1-3H3,(H,35,38). The van der Waals surface area contributed by atoms with E-state index in [0.717, 1.165) is 52.3 Å². The van der Waals surface area contributed by atoms with Gasteiger partial charge in [0.1, 0.15) is 17.2 Å². The van der Waals surface area contributed by atoms with E-state index in [4.69, 9.17) is 9.72 Å². The molecule has 3 aromatic carbocycles. The minimum atomic E-state index is -0.215. The molecule has 0 fully saturated rings. The second-order valence-corrected chi connectivity index (χ2v) is 10.2. The number of carbonyl (C=O) groups is 1. The number of carbonyl (C=O) groups excluding carboxylic acids is 1. The van der Waals surface area contributed by atoms with Gasteiger partial charge in [-0.25, -0.2) is 4.98 Å². The Kier molecular flexibility index (Phi) is 7.98. The maximum Gasteiger partial charge on any atom is 0.257 e. The number of ether oxygens (including phenoxy) is 1. The fraction of sp³-hybridized carbons (Fsp3) is 0.188. The van der Waals surface area contributed by atoms with Crippen LogP contribution in [0, 0.1) is 0 Å². The molecule has 5 rings (SSSR count). The van der Waals surface area contributed by atoms with Crippen LogP contribution in [-0.4, -0.2) is 28.9 Å². The van der Waals surface area contributed by atoms with Gasteiger partial charge in [-0.05, 0) is 66.4 Å². The van der Waals surface area contributed by atoms with Crippen molar-refractivity contribution in [2.75, 3.05) is 23.9 Å². The van der Waals surface area contributed by atoms with Gasteiger partial charge in [-0.2, -0.15) is 0 Å². The highest BCUT2D eigenvalue weighted by atomic mass is 79.9. The lowest BCUT2D eigenvalue weighted by molar-refractivity contribution is 0.102. The lowest BCUT2D eigenvalue weighted by atomic mass is 10.0. The summed E-state index contributed by atoms with van der Waals surface area (Å²) in [6, 6.07) is 27.9. The minimum absolute atomic E-state index is 0.215. The molecule has 5 aromatic rings. The first-order valence-electron chi connectivity index (χ1n) is 13.1. The Hall–Kier alpha value is -4.10. The summed E-state index contributed by atoms with van der Waals surface area (Å²) in [6.45, 7) is 5.78. The number of imidazole rings is 1. The van der Waals surface area contributed by atoms with Gasteiger partial charge in [-0.3, -0.25) is 9.20 Å². The summed E-state index contributed by atoms with van der Waals surface area (Å²) < 4.78 is 8.64. The summed E-state index contributed by atoms with van der Waals surface area (Å²) in [4.78, 5) is 20.7. The Morgan fingerprint density at radius 3 is 2.51 bits per heavy atom. The highest BCUT2D eigenvalue weighted by molar-refractivity contribution is 9.10. The van der Waals surface area contributed by atoms with Crippen LogP contribution in [0.1, 0.15) is 35.5 Å². The van der Waals surface area contributed by atoms with Crippen molar-refractivity contribution in [1.82, 2.24) is 9.38 Å². The Morgan fingerprint density at radius 1 is 0.974 bits per heavy atom. The number of benzene rings is 3. The van der Waals surface area contributed by atoms with E-state index in [1.165, 1.54) is 5.56 Å². The number of rotatable bonds is 9. The third kappa shape index (κ3) is 5.68. The molecule has 0 saturated heterocycles. The number of amides is 1. The normalized spacial score (nSPS) is 11.0. The van der Waals surface area contributed by atoms with Crippen molar-refractivity contribution in [2.24, 2.45) is 0 Å². The molecule has 0 atom stereocenters. The van der Waals surface area contributed by atoms with Gasteiger partial charge in [0.25, 0.3) is 5.91 Å². The molecule has 0 aliphatic heterocycles. The third-order valence-corrected chi connectivity index (χ3v) is 7.25. The molecule has 39 heavy (non-hydrogen) atoms. The highest BCUT2D eigenvalue weighted by Crippen LogP contribution is 2.31. The Morgan fingerprint density at radius 2 is 1.79 bits per heavy atom. The van der Waals surface area contributed by atoms with Gasteiger partial charge in [-0.15, -0.1) is 0 Å². The molecule has 2 aromatic heterocycles. The molecule has 198 valence electrons. The van der Waals surface area contributed by atoms with Crippen molar-refractivity contribution in [3.05, 3.63) is 112 Å². The van der Waals surface area contributed by atoms with Gasteiger partial charge < -0.3 is 15.0 Å². The average Bonchev–Trinajstić information content (AvgIpc) is 3.34. The van der Waals surface area contributed by atoms with E-state index in [0.29, 0.717) is 17.0 Å². The minimum Gasteiger partial charge on any atom is -0.495 e. The molecule has 7 heteroatoms. The number of nitrogens with one attached hydrogen (secondary N) is 1. The zero-order valence-electron chi connectivity index (χ0n) is 22.3. The SMILES string of the molecule is CCc1nc2ccc(C(=O)Nc3cc(-c4ccccc4)ccc3OC)cn2c1N(CC)Cc1cccc(Br)c1. The molecule has 1 N–H and O–H groups in total. The number of anilines is 2. The predicted molar refractivity (Wildman–Crippen MR) is 162 cm³/mol. The lowest BCUT2D eigenvalue weighted by Gasteiger charge is -2.24. The number of fused-ring (bicyclic) bond motifs is 1. The van der Waals surface area contributed by atoms with Crippen LogP contribution in [0.15, 0.2) is 95.6 Å². The van der Waals surface area contributed by atoms with E-state index in [1.807, 2.05) is 83.4 Å². The molecule has 0 radical (unpaired) electrons. The molecule has 2 heterocycles. The number of nitrogens with zero attached hydrogens (tertiary/aromatic N) is 3. The topological polar surface area (TPSA) is 58.9 Å². The number of halogens is 1. The van der Waals surface area contributed by atoms with E-state index in [-0.39, 0.29) is 5.91 Å². The van der Waals surface area contributed by atoms with Crippen LogP contribution in [0.3, 0.4) is 0 Å². The van der Waals surface area contributed by atoms with Crippen LogP contribution >= 0.6 is 15.9 Å². The number of aryl methyl sites for hydroxylation is 1. The Labute approximate surface area is 237 Å². The number of pyridine rings is 1. The van der Waals surface area contributed by atoms with Crippen molar-refractivity contribution < 1.29 is 9.53 Å². The maximum atomic E-state index is 13.5. The van der Waals surface area contributed by atoms with Crippen LogP contribution in [0.25, 0.3) is 16.8 Å². The number of methoxy groups -OCH3 is 1. The van der Waals surface area contributed by atoms with Crippen molar-refractivity contribution in [3.8, 4) is 16.9 Å². The van der Waals surface area contributed by atoms with Crippen LogP contribution in [0.4, 0.5) is 11.5 Å². The quantitative estimate of drug-likeness (QED) is 0.194. The highest BCUT2D eigenvalue weighted by Gasteiger charge is 2.19. The number of hydrogen-bond donors (Lipinski definition) is 1. The molecule has 6 nitrogen and oxygen atoms in total. The smallest absolute Gasteiger partial charge is 0.257 e. The van der Waals surface area contributed by atoms with Gasteiger partial charge in [0.15, 0.2) is 0 Å². The van der Waals surface area contributed by atoms with E-state index in [1.54, 1.807) is 7.11 Å². The molecule has 0 bridgehead atoms. The van der Waals surface area contributed by atoms with E-state index < -0.39 is 0 Å². The van der Waals surface area contributed by atoms with Crippen LogP contribution in [0.2, 0.25) is 0 Å². The van der Waals surface area contributed by atoms with Crippen molar-refractivity contribution in [1.29, 1.82) is 0 Å². The van der Waals surface area contributed by atoms with E-state index >= 15 is 0 Å². The van der Waals surface area contributed by atoms with E-state index in [2.05, 4.69) is 52.1 Å². The largest absolute Gasteiger partial charge is 0.495 e. The molecule has 0 unspecified atom stereocenters. The maximum absolute atomic E-state index is 13.5. The van der Waals surface area contributed by atoms with Gasteiger partial charge in [0.2, 0.25) is 0 Å². The first kappa shape index (κ1) is 26.5. The molecule has 0 spiro atoms.